The standard InChI is InChI=1S/C24H24N2O5S/c1-17-7-5-6-10-20(17)25-24(27)21(15-18-8-3-2-4-9-18)26-32(28,29)19-11-12-22-23(16-19)31-14-13-30-22/h2-12,16,21,26H,13-15H2,1H3,(H,25,27)/t21-/m1/s1. The third kappa shape index (κ3) is 5.09. The maximum absolute atomic E-state index is 13.2. The minimum absolute atomic E-state index is 0.00324. The lowest BCUT2D eigenvalue weighted by atomic mass is 10.1. The van der Waals surface area contributed by atoms with Gasteiger partial charge in [0.1, 0.15) is 19.3 Å². The number of anilines is 1. The number of carbonyl (C=O) groups excluding carboxylic acids is 1. The Bertz CT molecular complexity index is 1210. The smallest absolute Gasteiger partial charge is 0.242 e. The molecule has 0 aromatic heterocycles. The first kappa shape index (κ1) is 21.9. The number of benzene rings is 3. The van der Waals surface area contributed by atoms with Crippen molar-refractivity contribution in [3.63, 3.8) is 0 Å². The molecule has 0 saturated heterocycles. The van der Waals surface area contributed by atoms with Crippen LogP contribution in [0.25, 0.3) is 0 Å². The molecule has 0 fully saturated rings. The molecule has 3 aromatic rings. The van der Waals surface area contributed by atoms with Gasteiger partial charge in [0.15, 0.2) is 11.5 Å². The van der Waals surface area contributed by atoms with E-state index in [0.717, 1.165) is 11.1 Å². The third-order valence-corrected chi connectivity index (χ3v) is 6.59. The number of para-hydroxylation sites is 1. The first-order valence-corrected chi connectivity index (χ1v) is 11.7. The summed E-state index contributed by atoms with van der Waals surface area (Å²) in [6.45, 7) is 2.64. The van der Waals surface area contributed by atoms with Crippen LogP contribution in [0.15, 0.2) is 77.7 Å². The Hall–Kier alpha value is -3.36. The van der Waals surface area contributed by atoms with Crippen LogP contribution in [0.2, 0.25) is 0 Å². The molecule has 0 radical (unpaired) electrons. The number of ether oxygens (including phenoxy) is 2. The van der Waals surface area contributed by atoms with Gasteiger partial charge >= 0.3 is 0 Å². The van der Waals surface area contributed by atoms with E-state index < -0.39 is 22.0 Å². The summed E-state index contributed by atoms with van der Waals surface area (Å²) in [4.78, 5) is 13.1. The second-order valence-electron chi connectivity index (χ2n) is 7.47. The summed E-state index contributed by atoms with van der Waals surface area (Å²) in [6, 6.07) is 20.0. The fourth-order valence-electron chi connectivity index (χ4n) is 3.42. The van der Waals surface area contributed by atoms with E-state index in [1.807, 2.05) is 55.5 Å². The summed E-state index contributed by atoms with van der Waals surface area (Å²) in [5, 5.41) is 2.84. The molecule has 0 spiro atoms. The van der Waals surface area contributed by atoms with Crippen LogP contribution in [0.4, 0.5) is 5.69 Å². The molecule has 0 bridgehead atoms. The molecule has 1 atom stereocenters. The fourth-order valence-corrected chi connectivity index (χ4v) is 4.63. The molecule has 0 saturated carbocycles. The highest BCUT2D eigenvalue weighted by Gasteiger charge is 2.27. The molecule has 1 aliphatic rings. The Balaban J connectivity index is 1.60. The van der Waals surface area contributed by atoms with Gasteiger partial charge in [0.25, 0.3) is 0 Å². The summed E-state index contributed by atoms with van der Waals surface area (Å²) in [7, 11) is -4.01. The fraction of sp³-hybridized carbons (Fsp3) is 0.208. The maximum Gasteiger partial charge on any atom is 0.242 e. The van der Waals surface area contributed by atoms with E-state index in [9.17, 15) is 13.2 Å². The summed E-state index contributed by atoms with van der Waals surface area (Å²) in [5.41, 5.74) is 2.35. The van der Waals surface area contributed by atoms with Crippen LogP contribution in [0.5, 0.6) is 11.5 Å². The molecule has 1 heterocycles. The molecule has 7 nitrogen and oxygen atoms in total. The van der Waals surface area contributed by atoms with Crippen LogP contribution in [0.3, 0.4) is 0 Å². The first-order valence-electron chi connectivity index (χ1n) is 10.2. The zero-order valence-electron chi connectivity index (χ0n) is 17.6. The van der Waals surface area contributed by atoms with Crippen LogP contribution in [0, 0.1) is 6.92 Å². The Morgan fingerprint density at radius 2 is 1.62 bits per heavy atom. The van der Waals surface area contributed by atoms with Gasteiger partial charge in [-0.15, -0.1) is 0 Å². The van der Waals surface area contributed by atoms with Gasteiger partial charge in [-0.3, -0.25) is 4.79 Å². The van der Waals surface area contributed by atoms with E-state index in [1.54, 1.807) is 12.1 Å². The van der Waals surface area contributed by atoms with Gasteiger partial charge in [0.05, 0.1) is 4.90 Å². The Morgan fingerprint density at radius 1 is 0.938 bits per heavy atom. The third-order valence-electron chi connectivity index (χ3n) is 5.12. The van der Waals surface area contributed by atoms with Gasteiger partial charge < -0.3 is 14.8 Å². The maximum atomic E-state index is 13.2. The van der Waals surface area contributed by atoms with Crippen molar-refractivity contribution in [2.45, 2.75) is 24.3 Å². The molecule has 3 aromatic carbocycles. The molecule has 1 amide bonds. The van der Waals surface area contributed by atoms with Crippen molar-refractivity contribution in [1.82, 2.24) is 4.72 Å². The minimum atomic E-state index is -4.01. The van der Waals surface area contributed by atoms with Crippen molar-refractivity contribution < 1.29 is 22.7 Å². The quantitative estimate of drug-likeness (QED) is 0.574. The molecule has 4 rings (SSSR count). The molecular weight excluding hydrogens is 428 g/mol. The van der Waals surface area contributed by atoms with Crippen molar-refractivity contribution in [1.29, 1.82) is 0 Å². The lowest BCUT2D eigenvalue weighted by molar-refractivity contribution is -0.117. The number of sulfonamides is 1. The van der Waals surface area contributed by atoms with Gasteiger partial charge in [-0.2, -0.15) is 4.72 Å². The predicted molar refractivity (Wildman–Crippen MR) is 121 cm³/mol. The number of amides is 1. The van der Waals surface area contributed by atoms with E-state index in [4.69, 9.17) is 9.47 Å². The highest BCUT2D eigenvalue weighted by atomic mass is 32.2. The van der Waals surface area contributed by atoms with E-state index in [-0.39, 0.29) is 11.3 Å². The molecule has 2 N–H and O–H groups in total. The van der Waals surface area contributed by atoms with E-state index in [0.29, 0.717) is 30.4 Å². The van der Waals surface area contributed by atoms with E-state index >= 15 is 0 Å². The number of aryl methyl sites for hydroxylation is 1. The van der Waals surface area contributed by atoms with Gasteiger partial charge in [-0.05, 0) is 42.7 Å². The second kappa shape index (κ2) is 9.42. The predicted octanol–water partition coefficient (Wildman–Crippen LogP) is 3.29. The topological polar surface area (TPSA) is 93.7 Å². The molecule has 32 heavy (non-hydrogen) atoms. The van der Waals surface area contributed by atoms with Crippen molar-refractivity contribution >= 4 is 21.6 Å². The lowest BCUT2D eigenvalue weighted by Gasteiger charge is -2.21. The number of carbonyl (C=O) groups is 1. The number of rotatable bonds is 7. The average molecular weight is 453 g/mol. The van der Waals surface area contributed by atoms with E-state index in [2.05, 4.69) is 10.0 Å². The van der Waals surface area contributed by atoms with Gasteiger partial charge in [0.2, 0.25) is 15.9 Å². The molecular formula is C24H24N2O5S. The Morgan fingerprint density at radius 3 is 2.38 bits per heavy atom. The van der Waals surface area contributed by atoms with Crippen LogP contribution in [-0.4, -0.2) is 33.6 Å². The van der Waals surface area contributed by atoms with Crippen LogP contribution in [0.1, 0.15) is 11.1 Å². The van der Waals surface area contributed by atoms with E-state index in [1.165, 1.54) is 12.1 Å². The summed E-state index contributed by atoms with van der Waals surface area (Å²) in [5.74, 6) is 0.417. The van der Waals surface area contributed by atoms with Crippen LogP contribution < -0.4 is 19.5 Å². The van der Waals surface area contributed by atoms with Crippen molar-refractivity contribution in [3.8, 4) is 11.5 Å². The lowest BCUT2D eigenvalue weighted by Crippen LogP contribution is -2.45. The van der Waals surface area contributed by atoms with Crippen LogP contribution >= 0.6 is 0 Å². The average Bonchev–Trinajstić information content (AvgIpc) is 2.80. The molecule has 1 aliphatic heterocycles. The number of hydrogen-bond donors (Lipinski definition) is 2. The second-order valence-corrected chi connectivity index (χ2v) is 9.19. The molecule has 0 aliphatic carbocycles. The number of nitrogens with one attached hydrogen (secondary N) is 2. The first-order chi connectivity index (χ1) is 15.4. The zero-order chi connectivity index (χ0) is 22.6. The SMILES string of the molecule is Cc1ccccc1NC(=O)[C@@H](Cc1ccccc1)NS(=O)(=O)c1ccc2c(c1)OCCO2. The Labute approximate surface area is 187 Å². The highest BCUT2D eigenvalue weighted by Crippen LogP contribution is 2.32. The number of hydrogen-bond acceptors (Lipinski definition) is 5. The summed E-state index contributed by atoms with van der Waals surface area (Å²) >= 11 is 0. The largest absolute Gasteiger partial charge is 0.486 e. The normalized spacial score (nSPS) is 13.9. The Kier molecular flexibility index (Phi) is 6.43. The van der Waals surface area contributed by atoms with Crippen molar-refractivity contribution in [2.24, 2.45) is 0 Å². The van der Waals surface area contributed by atoms with Crippen molar-refractivity contribution in [2.75, 3.05) is 18.5 Å². The minimum Gasteiger partial charge on any atom is -0.486 e. The zero-order valence-corrected chi connectivity index (χ0v) is 18.4. The molecule has 166 valence electrons. The molecule has 8 heteroatoms. The summed E-state index contributed by atoms with van der Waals surface area (Å²) in [6.07, 6.45) is 0.197. The molecule has 0 unspecified atom stereocenters. The highest BCUT2D eigenvalue weighted by molar-refractivity contribution is 7.89. The number of fused-ring (bicyclic) bond motifs is 1. The van der Waals surface area contributed by atoms with Crippen LogP contribution in [-0.2, 0) is 21.2 Å². The monoisotopic (exact) mass is 452 g/mol. The van der Waals surface area contributed by atoms with Gasteiger partial charge in [0, 0.05) is 11.8 Å². The summed E-state index contributed by atoms with van der Waals surface area (Å²) < 4.78 is 39.8. The van der Waals surface area contributed by atoms with Gasteiger partial charge in [-0.25, -0.2) is 8.42 Å². The van der Waals surface area contributed by atoms with Gasteiger partial charge in [-0.1, -0.05) is 48.5 Å². The van der Waals surface area contributed by atoms with Crippen molar-refractivity contribution in [3.05, 3.63) is 83.9 Å².